The van der Waals surface area contributed by atoms with Crippen LogP contribution in [0, 0.1) is 0 Å². The van der Waals surface area contributed by atoms with Crippen LogP contribution in [0.1, 0.15) is 50.7 Å². The number of hydrogen-bond acceptors (Lipinski definition) is 12. The van der Waals surface area contributed by atoms with Gasteiger partial charge >= 0.3 is 0 Å². The Morgan fingerprint density at radius 2 is 1.35 bits per heavy atom. The minimum Gasteiger partial charge on any atom is -0.508 e. The van der Waals surface area contributed by atoms with Crippen LogP contribution < -0.4 is 55.3 Å². The molecule has 2 aromatic rings. The van der Waals surface area contributed by atoms with E-state index in [0.717, 1.165) is 0 Å². The molecule has 5 amide bonds. The Balaban J connectivity index is 0.00000936. The van der Waals surface area contributed by atoms with Gasteiger partial charge in [-0.3, -0.25) is 24.0 Å². The van der Waals surface area contributed by atoms with Crippen LogP contribution in [0.15, 0.2) is 36.4 Å². The molecule has 0 aromatic heterocycles. The molecule has 2 aromatic carbocycles. The van der Waals surface area contributed by atoms with E-state index in [1.54, 1.807) is 24.3 Å². The molecule has 288 valence electrons. The van der Waals surface area contributed by atoms with Crippen LogP contribution in [0.5, 0.6) is 11.5 Å². The summed E-state index contributed by atoms with van der Waals surface area (Å²) in [6.07, 6.45) is 0.761. The summed E-state index contributed by atoms with van der Waals surface area (Å²) in [5, 5.41) is 34.7. The Kier molecular flexibility index (Phi) is 18.0. The van der Waals surface area contributed by atoms with Gasteiger partial charge in [0.05, 0.1) is 6.04 Å². The van der Waals surface area contributed by atoms with Crippen LogP contribution >= 0.6 is 0 Å². The second-order valence-corrected chi connectivity index (χ2v) is 12.5. The van der Waals surface area contributed by atoms with Crippen molar-refractivity contribution in [3.8, 4) is 22.6 Å². The summed E-state index contributed by atoms with van der Waals surface area (Å²) in [5.41, 5.74) is 30.8. The van der Waals surface area contributed by atoms with Gasteiger partial charge < -0.3 is 65.5 Å². The van der Waals surface area contributed by atoms with Gasteiger partial charge in [0.25, 0.3) is 0 Å². The van der Waals surface area contributed by atoms with Crippen molar-refractivity contribution < 1.29 is 34.2 Å². The number of nitrogens with one attached hydrogen (secondary N) is 5. The standard InChI is InChI=1S/C34H52N10O7.CH4/c35-10-1-3-24-33(50)44-27(34(51)42-25(4-2-11-36)32(49)43-26(9-12-37)31(48)40-14-13-38)18-22-16-20(6-8-29(22)46)19-5-7-28(45)21(15-19)17-23(39)30(47)41-24;/h5-8,15-16,23-27,45-46H,1-4,9-14,17-18,35-39H2,(H,40,48)(H,41,47)(H,42,51)(H,43,49)(H,44,50);1H4/t23-,24-,25-,26-,27-;/m0./s1. The number of phenolic OH excluding ortho intramolecular Hbond substituents is 2. The van der Waals surface area contributed by atoms with Gasteiger partial charge in [-0.2, -0.15) is 0 Å². The van der Waals surface area contributed by atoms with Gasteiger partial charge in [-0.05, 0) is 98.3 Å². The third-order valence-electron chi connectivity index (χ3n) is 8.52. The molecule has 0 radical (unpaired) electrons. The minimum atomic E-state index is -1.36. The van der Waals surface area contributed by atoms with E-state index < -0.39 is 59.7 Å². The lowest BCUT2D eigenvalue weighted by atomic mass is 9.95. The summed E-state index contributed by atoms with van der Waals surface area (Å²) in [6, 6.07) is 3.72. The quantitative estimate of drug-likeness (QED) is 0.0919. The Morgan fingerprint density at radius 3 is 1.92 bits per heavy atom. The molecule has 17 nitrogen and oxygen atoms in total. The van der Waals surface area contributed by atoms with Gasteiger partial charge in [-0.15, -0.1) is 0 Å². The summed E-state index contributed by atoms with van der Waals surface area (Å²) in [6.45, 7) is 0.883. The first kappa shape index (κ1) is 43.4. The first-order valence-electron chi connectivity index (χ1n) is 17.1. The number of amides is 5. The maximum atomic E-state index is 14.0. The molecule has 52 heavy (non-hydrogen) atoms. The molecule has 1 aliphatic rings. The Bertz CT molecular complexity index is 1520. The minimum absolute atomic E-state index is 0. The number of nitrogens with two attached hydrogens (primary N) is 5. The number of aromatic hydroxyl groups is 2. The molecule has 0 unspecified atom stereocenters. The van der Waals surface area contributed by atoms with Crippen molar-refractivity contribution >= 4 is 29.5 Å². The largest absolute Gasteiger partial charge is 0.508 e. The van der Waals surface area contributed by atoms with Gasteiger partial charge in [0, 0.05) is 25.9 Å². The summed E-state index contributed by atoms with van der Waals surface area (Å²) in [5.74, 6) is -3.54. The highest BCUT2D eigenvalue weighted by molar-refractivity contribution is 5.96. The topological polar surface area (TPSA) is 316 Å². The van der Waals surface area contributed by atoms with E-state index >= 15 is 0 Å². The van der Waals surface area contributed by atoms with Crippen molar-refractivity contribution in [1.29, 1.82) is 0 Å². The highest BCUT2D eigenvalue weighted by atomic mass is 16.3. The molecule has 0 fully saturated rings. The molecule has 3 rings (SSSR count). The molecule has 0 saturated heterocycles. The molecule has 0 aliphatic carbocycles. The molecule has 0 saturated carbocycles. The number of carbonyl (C=O) groups excluding carboxylic acids is 5. The van der Waals surface area contributed by atoms with Crippen LogP contribution in [0.25, 0.3) is 11.1 Å². The molecule has 5 atom stereocenters. The fourth-order valence-electron chi connectivity index (χ4n) is 5.65. The van der Waals surface area contributed by atoms with Crippen LogP contribution in [-0.2, 0) is 36.8 Å². The summed E-state index contributed by atoms with van der Waals surface area (Å²) in [4.78, 5) is 67.2. The number of phenols is 2. The van der Waals surface area contributed by atoms with Crippen molar-refractivity contribution in [1.82, 2.24) is 26.6 Å². The molecule has 1 heterocycles. The van der Waals surface area contributed by atoms with E-state index in [1.165, 1.54) is 12.1 Å². The average molecular weight is 729 g/mol. The third-order valence-corrected chi connectivity index (χ3v) is 8.52. The fraction of sp³-hybridized carbons (Fsp3) is 0.514. The monoisotopic (exact) mass is 728 g/mol. The van der Waals surface area contributed by atoms with Crippen molar-refractivity contribution in [2.75, 3.05) is 32.7 Å². The number of fused-ring (bicyclic) bond motifs is 5. The predicted octanol–water partition coefficient (Wildman–Crippen LogP) is -2.33. The normalized spacial score (nSPS) is 18.6. The molecule has 4 bridgehead atoms. The summed E-state index contributed by atoms with van der Waals surface area (Å²) in [7, 11) is 0. The Hall–Kier alpha value is -4.81. The second-order valence-electron chi connectivity index (χ2n) is 12.5. The van der Waals surface area contributed by atoms with Crippen molar-refractivity contribution in [3.63, 3.8) is 0 Å². The predicted molar refractivity (Wildman–Crippen MR) is 197 cm³/mol. The highest BCUT2D eigenvalue weighted by Crippen LogP contribution is 2.31. The van der Waals surface area contributed by atoms with Gasteiger partial charge in [-0.25, -0.2) is 0 Å². The third kappa shape index (κ3) is 12.4. The van der Waals surface area contributed by atoms with Crippen LogP contribution in [0.3, 0.4) is 0 Å². The van der Waals surface area contributed by atoms with Crippen LogP contribution in [0.2, 0.25) is 0 Å². The Labute approximate surface area is 304 Å². The molecule has 17 heteroatoms. The SMILES string of the molecule is C.NCCC[C@H](NC(=O)[C@@H]1Cc2cc(ccc2O)-c2ccc(O)c(c2)C[C@H](N)C(=O)N[C@@H](CCCN)C(=O)N1)C(=O)N[C@@H](CCN)C(=O)NCCN. The maximum Gasteiger partial charge on any atom is 0.243 e. The van der Waals surface area contributed by atoms with E-state index in [-0.39, 0.29) is 83.8 Å². The lowest BCUT2D eigenvalue weighted by Crippen LogP contribution is -2.59. The van der Waals surface area contributed by atoms with Gasteiger partial charge in [0.2, 0.25) is 29.5 Å². The van der Waals surface area contributed by atoms with Crippen LogP contribution in [0.4, 0.5) is 0 Å². The molecule has 17 N–H and O–H groups in total. The zero-order valence-electron chi connectivity index (χ0n) is 28.7. The van der Waals surface area contributed by atoms with Crippen molar-refractivity contribution in [3.05, 3.63) is 47.5 Å². The van der Waals surface area contributed by atoms with E-state index in [4.69, 9.17) is 28.7 Å². The molecular weight excluding hydrogens is 672 g/mol. The molecule has 0 spiro atoms. The second kappa shape index (κ2) is 21.5. The number of benzene rings is 2. The average Bonchev–Trinajstić information content (AvgIpc) is 3.11. The highest BCUT2D eigenvalue weighted by Gasteiger charge is 2.32. The van der Waals surface area contributed by atoms with Crippen LogP contribution in [-0.4, -0.2) is 103 Å². The smallest absolute Gasteiger partial charge is 0.243 e. The lowest BCUT2D eigenvalue weighted by Gasteiger charge is -2.27. The van der Waals surface area contributed by atoms with E-state index in [9.17, 15) is 34.2 Å². The van der Waals surface area contributed by atoms with Gasteiger partial charge in [0.1, 0.15) is 35.7 Å². The Morgan fingerprint density at radius 1 is 0.750 bits per heavy atom. The summed E-state index contributed by atoms with van der Waals surface area (Å²) < 4.78 is 0. The number of hydrogen-bond donors (Lipinski definition) is 12. The first-order valence-corrected chi connectivity index (χ1v) is 17.1. The van der Waals surface area contributed by atoms with Gasteiger partial charge in [0.15, 0.2) is 0 Å². The van der Waals surface area contributed by atoms with E-state index in [2.05, 4.69) is 26.6 Å². The zero-order chi connectivity index (χ0) is 37.5. The maximum absolute atomic E-state index is 14.0. The first-order chi connectivity index (χ1) is 24.4. The van der Waals surface area contributed by atoms with Gasteiger partial charge in [-0.1, -0.05) is 19.6 Å². The molecular formula is C35H56N10O7. The molecule has 1 aliphatic heterocycles. The van der Waals surface area contributed by atoms with Crippen molar-refractivity contribution in [2.24, 2.45) is 28.7 Å². The number of rotatable bonds is 15. The number of carbonyl (C=O) groups is 5. The van der Waals surface area contributed by atoms with E-state index in [0.29, 0.717) is 35.1 Å². The summed E-state index contributed by atoms with van der Waals surface area (Å²) >= 11 is 0. The zero-order valence-corrected chi connectivity index (χ0v) is 28.7. The van der Waals surface area contributed by atoms with Crippen molar-refractivity contribution in [2.45, 2.75) is 82.6 Å². The fourth-order valence-corrected chi connectivity index (χ4v) is 5.65. The lowest BCUT2D eigenvalue weighted by molar-refractivity contribution is -0.134. The van der Waals surface area contributed by atoms with E-state index in [1.807, 2.05) is 0 Å².